The lowest BCUT2D eigenvalue weighted by atomic mass is 9.86. The van der Waals surface area contributed by atoms with E-state index in [1.54, 1.807) is 5.32 Å². The van der Waals surface area contributed by atoms with Crippen LogP contribution in [0.4, 0.5) is 26.3 Å². The predicted octanol–water partition coefficient (Wildman–Crippen LogP) is 5.29. The molecule has 36 heavy (non-hydrogen) atoms. The van der Waals surface area contributed by atoms with Crippen molar-refractivity contribution in [3.05, 3.63) is 68.7 Å². The second kappa shape index (κ2) is 10.2. The molecule has 1 aliphatic rings. The van der Waals surface area contributed by atoms with Gasteiger partial charge >= 0.3 is 12.4 Å². The van der Waals surface area contributed by atoms with Crippen LogP contribution >= 0.6 is 23.2 Å². The Bertz CT molecular complexity index is 1200. The summed E-state index contributed by atoms with van der Waals surface area (Å²) in [5, 5.41) is 7.40. The third-order valence-electron chi connectivity index (χ3n) is 5.21. The van der Waals surface area contributed by atoms with Gasteiger partial charge < -0.3 is 15.5 Å². The number of nitrogens with zero attached hydrogens (tertiary/aromatic N) is 1. The van der Waals surface area contributed by atoms with Gasteiger partial charge in [-0.15, -0.1) is 0 Å². The molecule has 0 saturated heterocycles. The van der Waals surface area contributed by atoms with E-state index in [2.05, 4.69) is 10.5 Å². The summed E-state index contributed by atoms with van der Waals surface area (Å²) in [5.74, 6) is -1.80. The second-order valence-corrected chi connectivity index (χ2v) is 8.77. The molecule has 194 valence electrons. The minimum Gasteiger partial charge on any atom is -0.374 e. The molecule has 0 aliphatic carbocycles. The Balaban J connectivity index is 1.75. The van der Waals surface area contributed by atoms with Gasteiger partial charge in [-0.3, -0.25) is 9.59 Å². The van der Waals surface area contributed by atoms with Crippen LogP contribution in [0.2, 0.25) is 10.0 Å². The zero-order valence-corrected chi connectivity index (χ0v) is 19.8. The Labute approximate surface area is 210 Å². The Kier molecular flexibility index (Phi) is 7.80. The molecule has 0 radical (unpaired) electrons. The van der Waals surface area contributed by atoms with E-state index in [-0.39, 0.29) is 32.4 Å². The standard InChI is InChI=1S/C22H17Cl2F6N3O3/c1-11-4-12(2-3-16(11)19(35)31-9-18(34)32-10-21(25,26)27)17-8-20(36-33-17,22(28,29)30)13-5-14(23)7-15(24)6-13/h2-7H,8-10H2,1H3,(H,31,35)(H,32,34)/t20-/m0/s1. The van der Waals surface area contributed by atoms with Gasteiger partial charge in [0.05, 0.1) is 12.3 Å². The van der Waals surface area contributed by atoms with Gasteiger partial charge in [-0.2, -0.15) is 26.3 Å². The largest absolute Gasteiger partial charge is 0.435 e. The minimum absolute atomic E-state index is 0.0172. The second-order valence-electron chi connectivity index (χ2n) is 7.89. The van der Waals surface area contributed by atoms with Gasteiger partial charge in [0, 0.05) is 27.6 Å². The molecule has 1 heterocycles. The van der Waals surface area contributed by atoms with E-state index in [9.17, 15) is 35.9 Å². The van der Waals surface area contributed by atoms with Gasteiger partial charge in [-0.25, -0.2) is 0 Å². The number of oxime groups is 1. The molecule has 0 saturated carbocycles. The van der Waals surface area contributed by atoms with Gasteiger partial charge in [0.25, 0.3) is 11.5 Å². The molecule has 2 aromatic carbocycles. The molecule has 1 aliphatic heterocycles. The number of halogens is 8. The average molecular weight is 556 g/mol. The number of aryl methyl sites for hydroxylation is 1. The number of hydrogen-bond acceptors (Lipinski definition) is 4. The highest BCUT2D eigenvalue weighted by molar-refractivity contribution is 6.34. The fraction of sp³-hybridized carbons (Fsp3) is 0.318. The first kappa shape index (κ1) is 27.6. The summed E-state index contributed by atoms with van der Waals surface area (Å²) in [4.78, 5) is 28.8. The van der Waals surface area contributed by atoms with Crippen LogP contribution in [0.1, 0.15) is 33.5 Å². The molecule has 14 heteroatoms. The Morgan fingerprint density at radius 2 is 1.67 bits per heavy atom. The Hall–Kier alpha value is -2.99. The molecule has 0 fully saturated rings. The first-order valence-electron chi connectivity index (χ1n) is 10.1. The van der Waals surface area contributed by atoms with Crippen molar-refractivity contribution in [2.24, 2.45) is 5.16 Å². The van der Waals surface area contributed by atoms with Crippen molar-refractivity contribution >= 4 is 40.7 Å². The van der Waals surface area contributed by atoms with E-state index in [0.717, 1.165) is 12.1 Å². The highest BCUT2D eigenvalue weighted by Crippen LogP contribution is 2.49. The fourth-order valence-corrected chi connectivity index (χ4v) is 3.99. The van der Waals surface area contributed by atoms with Crippen LogP contribution in [-0.2, 0) is 15.2 Å². The van der Waals surface area contributed by atoms with E-state index in [0.29, 0.717) is 5.56 Å². The third-order valence-corrected chi connectivity index (χ3v) is 5.65. The van der Waals surface area contributed by atoms with E-state index in [1.165, 1.54) is 31.2 Å². The zero-order chi connectivity index (χ0) is 26.9. The SMILES string of the molecule is Cc1cc(C2=NO[C@@](c3cc(Cl)cc(Cl)c3)(C(F)(F)F)C2)ccc1C(=O)NCC(=O)NCC(F)(F)F. The smallest absolute Gasteiger partial charge is 0.374 e. The van der Waals surface area contributed by atoms with Crippen molar-refractivity contribution < 1.29 is 40.8 Å². The van der Waals surface area contributed by atoms with Crippen molar-refractivity contribution in [2.45, 2.75) is 31.3 Å². The molecule has 0 aromatic heterocycles. The van der Waals surface area contributed by atoms with Crippen LogP contribution in [-0.4, -0.2) is 43.0 Å². The van der Waals surface area contributed by atoms with Crippen molar-refractivity contribution in [1.29, 1.82) is 0 Å². The first-order valence-corrected chi connectivity index (χ1v) is 10.9. The number of amides is 2. The summed E-state index contributed by atoms with van der Waals surface area (Å²) in [7, 11) is 0. The number of benzene rings is 2. The van der Waals surface area contributed by atoms with Crippen molar-refractivity contribution in [3.8, 4) is 0 Å². The Morgan fingerprint density at radius 1 is 1.03 bits per heavy atom. The molecule has 2 N–H and O–H groups in total. The summed E-state index contributed by atoms with van der Waals surface area (Å²) in [6, 6.07) is 7.48. The zero-order valence-electron chi connectivity index (χ0n) is 18.3. The van der Waals surface area contributed by atoms with Gasteiger partial charge in [-0.05, 0) is 48.4 Å². The molecule has 0 bridgehead atoms. The summed E-state index contributed by atoms with van der Waals surface area (Å²) in [6.45, 7) is -0.750. The summed E-state index contributed by atoms with van der Waals surface area (Å²) in [5.41, 5.74) is -2.59. The number of hydrogen-bond donors (Lipinski definition) is 2. The topological polar surface area (TPSA) is 79.8 Å². The van der Waals surface area contributed by atoms with Crippen molar-refractivity contribution in [3.63, 3.8) is 0 Å². The van der Waals surface area contributed by atoms with Gasteiger partial charge in [0.1, 0.15) is 6.54 Å². The average Bonchev–Trinajstić information content (AvgIpc) is 3.22. The highest BCUT2D eigenvalue weighted by Gasteiger charge is 2.62. The summed E-state index contributed by atoms with van der Waals surface area (Å²) >= 11 is 11.8. The normalized spacial score (nSPS) is 17.9. The molecule has 6 nitrogen and oxygen atoms in total. The van der Waals surface area contributed by atoms with E-state index >= 15 is 0 Å². The van der Waals surface area contributed by atoms with Crippen LogP contribution in [0.3, 0.4) is 0 Å². The molecule has 0 spiro atoms. The third kappa shape index (κ3) is 6.22. The molecule has 2 aromatic rings. The van der Waals surface area contributed by atoms with Crippen LogP contribution in [0.25, 0.3) is 0 Å². The number of carbonyl (C=O) groups is 2. The summed E-state index contributed by atoms with van der Waals surface area (Å²) < 4.78 is 78.9. The van der Waals surface area contributed by atoms with Gasteiger partial charge in [-0.1, -0.05) is 34.4 Å². The quantitative estimate of drug-likeness (QED) is 0.475. The lowest BCUT2D eigenvalue weighted by Crippen LogP contribution is -2.42. The van der Waals surface area contributed by atoms with E-state index in [4.69, 9.17) is 28.0 Å². The number of rotatable bonds is 6. The predicted molar refractivity (Wildman–Crippen MR) is 119 cm³/mol. The maximum Gasteiger partial charge on any atom is 0.435 e. The van der Waals surface area contributed by atoms with Crippen LogP contribution in [0, 0.1) is 6.92 Å². The summed E-state index contributed by atoms with van der Waals surface area (Å²) in [6.07, 6.45) is -10.2. The van der Waals surface area contributed by atoms with Crippen molar-refractivity contribution in [1.82, 2.24) is 10.6 Å². The van der Waals surface area contributed by atoms with Crippen LogP contribution in [0.15, 0.2) is 41.6 Å². The highest BCUT2D eigenvalue weighted by atomic mass is 35.5. The number of carbonyl (C=O) groups excluding carboxylic acids is 2. The fourth-order valence-electron chi connectivity index (χ4n) is 3.46. The monoisotopic (exact) mass is 555 g/mol. The first-order chi connectivity index (χ1) is 16.6. The molecular formula is C22H17Cl2F6N3O3. The molecule has 3 rings (SSSR count). The molecule has 0 unspecified atom stereocenters. The van der Waals surface area contributed by atoms with E-state index in [1.807, 2.05) is 0 Å². The molecule has 2 amide bonds. The maximum atomic E-state index is 14.1. The molecule has 1 atom stereocenters. The van der Waals surface area contributed by atoms with Crippen LogP contribution in [0.5, 0.6) is 0 Å². The minimum atomic E-state index is -4.88. The lowest BCUT2D eigenvalue weighted by Gasteiger charge is -2.29. The Morgan fingerprint density at radius 3 is 2.22 bits per heavy atom. The van der Waals surface area contributed by atoms with Crippen LogP contribution < -0.4 is 10.6 Å². The van der Waals surface area contributed by atoms with Crippen molar-refractivity contribution in [2.75, 3.05) is 13.1 Å². The number of alkyl halides is 6. The molecular weight excluding hydrogens is 539 g/mol. The number of nitrogens with one attached hydrogen (secondary N) is 2. The van der Waals surface area contributed by atoms with Gasteiger partial charge in [0.15, 0.2) is 0 Å². The lowest BCUT2D eigenvalue weighted by molar-refractivity contribution is -0.275. The van der Waals surface area contributed by atoms with E-state index < -0.39 is 49.3 Å². The van der Waals surface area contributed by atoms with Gasteiger partial charge in [0.2, 0.25) is 5.91 Å². The maximum absolute atomic E-state index is 14.1.